The van der Waals surface area contributed by atoms with E-state index in [2.05, 4.69) is 58.7 Å². The molecule has 0 saturated carbocycles. The number of carbonyl (C=O) groups is 3. The molecule has 0 amide bonds. The number of carbonyl (C=O) groups excluding carboxylic acids is 3. The minimum absolute atomic E-state index is 0. The summed E-state index contributed by atoms with van der Waals surface area (Å²) in [7, 11) is 0. The monoisotopic (exact) mass is 1190 g/mol. The van der Waals surface area contributed by atoms with Gasteiger partial charge in [0, 0.05) is 35.7 Å². The van der Waals surface area contributed by atoms with E-state index in [1.165, 1.54) is 270 Å². The van der Waals surface area contributed by atoms with Crippen LogP contribution >= 0.6 is 37.9 Å². The first-order valence-electron chi connectivity index (χ1n) is 31.6. The summed E-state index contributed by atoms with van der Waals surface area (Å²) in [4.78, 5) is 32.3. The van der Waals surface area contributed by atoms with Gasteiger partial charge in [0.15, 0.2) is 0 Å². The van der Waals surface area contributed by atoms with Gasteiger partial charge in [0.05, 0.1) is 0 Å². The van der Waals surface area contributed by atoms with E-state index in [4.69, 9.17) is 0 Å². The van der Waals surface area contributed by atoms with Crippen molar-refractivity contribution in [3.05, 3.63) is 0 Å². The fourth-order valence-corrected chi connectivity index (χ4v) is 10.7. The number of carboxylic acid groups (broad SMARTS) is 3. The summed E-state index contributed by atoms with van der Waals surface area (Å²) < 4.78 is 0. The van der Waals surface area contributed by atoms with E-state index >= 15 is 0 Å². The second-order valence-electron chi connectivity index (χ2n) is 21.9. The molecule has 0 heterocycles. The van der Waals surface area contributed by atoms with Crippen molar-refractivity contribution in [1.82, 2.24) is 0 Å². The second kappa shape index (κ2) is 70.3. The topological polar surface area (TPSA) is 120 Å². The van der Waals surface area contributed by atoms with Gasteiger partial charge in [0.1, 0.15) is 0 Å². The minimum Gasteiger partial charge on any atom is -0.550 e. The first-order valence-corrected chi connectivity index (χ1v) is 33.5. The van der Waals surface area contributed by atoms with Gasteiger partial charge in [-0.1, -0.05) is 329 Å². The van der Waals surface area contributed by atoms with E-state index in [-0.39, 0.29) is 42.2 Å². The Morgan fingerprint density at radius 1 is 0.247 bits per heavy atom. The van der Waals surface area contributed by atoms with Gasteiger partial charge in [-0.15, -0.1) is 0 Å². The van der Waals surface area contributed by atoms with Crippen molar-refractivity contribution in [2.45, 2.75) is 348 Å². The Kier molecular flexibility index (Phi) is 76.8. The first kappa shape index (κ1) is 79.8. The van der Waals surface area contributed by atoms with E-state index in [1.54, 1.807) is 0 Å². The quantitative estimate of drug-likeness (QED) is 0.0317. The summed E-state index contributed by atoms with van der Waals surface area (Å²) in [5.41, 5.74) is 0. The number of carboxylic acids is 3. The fourth-order valence-electron chi connectivity index (χ4n) is 9.67. The predicted octanol–water partition coefficient (Wildman–Crippen LogP) is 17.4. The van der Waals surface area contributed by atoms with E-state index in [0.29, 0.717) is 17.3 Å². The van der Waals surface area contributed by atoms with Gasteiger partial charge >= 0.3 is 24.4 Å². The molecule has 0 bridgehead atoms. The zero-order valence-electron chi connectivity index (χ0n) is 48.7. The molecule has 0 spiro atoms. The number of rotatable bonds is 57. The van der Waals surface area contributed by atoms with Gasteiger partial charge < -0.3 is 29.7 Å². The zero-order chi connectivity index (χ0) is 53.6. The maximum absolute atomic E-state index is 10.8. The summed E-state index contributed by atoms with van der Waals surface area (Å²) in [5.74, 6) is -2.69. The van der Waals surface area contributed by atoms with E-state index in [9.17, 15) is 29.7 Å². The summed E-state index contributed by atoms with van der Waals surface area (Å²) >= 11 is 12.2. The van der Waals surface area contributed by atoms with Crippen molar-refractivity contribution in [2.75, 3.05) is 17.3 Å². The average Bonchev–Trinajstić information content (AvgIpc) is 3.37. The van der Waals surface area contributed by atoms with Crippen LogP contribution in [0.15, 0.2) is 0 Å². The van der Waals surface area contributed by atoms with Crippen molar-refractivity contribution < 1.29 is 29.7 Å². The molecule has 0 aromatic carbocycles. The third-order valence-electron chi connectivity index (χ3n) is 14.9. The Balaban J connectivity index is -0.000000486. The minimum atomic E-state index is -0.939. The van der Waals surface area contributed by atoms with Crippen LogP contribution in [0.1, 0.15) is 348 Å². The second-order valence-corrected chi connectivity index (χ2v) is 23.0. The Bertz CT molecular complexity index is 942. The molecule has 0 N–H and O–H groups in total. The summed E-state index contributed by atoms with van der Waals surface area (Å²) in [6, 6.07) is 0. The summed E-state index contributed by atoms with van der Waals surface area (Å²) in [5, 5.41) is 32.3. The molecule has 6 nitrogen and oxygen atoms in total. The van der Waals surface area contributed by atoms with Gasteiger partial charge in [-0.05, 0) is 36.5 Å². The molecule has 0 fully saturated rings. The maximum Gasteiger partial charge on any atom is 3.00 e. The molecule has 0 aromatic rings. The molecule has 3 atom stereocenters. The van der Waals surface area contributed by atoms with Crippen LogP contribution in [-0.4, -0.2) is 59.6 Å². The predicted molar refractivity (Wildman–Crippen MR) is 325 cm³/mol. The van der Waals surface area contributed by atoms with Crippen LogP contribution in [0.5, 0.6) is 0 Å². The standard InChI is InChI=1S/3C21H42O2S.Sb/c3*1-2-3-4-5-6-7-8-9-10-11-12-13-14-15-16-17-18-20(19-24)21(22)23;/h3*20,24H,2-19H2,1H3,(H,22,23);/q;;;+3/p-3. The van der Waals surface area contributed by atoms with Gasteiger partial charge in [-0.25, -0.2) is 0 Å². The van der Waals surface area contributed by atoms with Gasteiger partial charge in [-0.2, -0.15) is 37.9 Å². The van der Waals surface area contributed by atoms with Gasteiger partial charge in [0.2, 0.25) is 0 Å². The molecule has 10 heteroatoms. The van der Waals surface area contributed by atoms with Crippen molar-refractivity contribution in [3.63, 3.8) is 0 Å². The SMILES string of the molecule is CCCCCCCCCCCCCCCCCCC(CS)C(=O)[O-].CCCCCCCCCCCCCCCCCCC(CS)C(=O)[O-].CCCCCCCCCCCCCCCCCCC(CS)C(=O)[O-].[Sb+3]. The van der Waals surface area contributed by atoms with Crippen LogP contribution in [0.2, 0.25) is 0 Å². The maximum atomic E-state index is 10.8. The van der Waals surface area contributed by atoms with Crippen LogP contribution in [0.25, 0.3) is 0 Å². The molecule has 3 unspecified atom stereocenters. The number of thiol groups is 3. The third kappa shape index (κ3) is 68.3. The largest absolute Gasteiger partial charge is 3.00 e. The molecule has 73 heavy (non-hydrogen) atoms. The Hall–Kier alpha value is 0.278. The summed E-state index contributed by atoms with van der Waals surface area (Å²) in [6.07, 6.45) is 66.8. The molecule has 0 saturated heterocycles. The van der Waals surface area contributed by atoms with E-state index in [1.807, 2.05) is 0 Å². The third-order valence-corrected chi connectivity index (χ3v) is 16.2. The Morgan fingerprint density at radius 3 is 0.452 bits per heavy atom. The first-order chi connectivity index (χ1) is 35.2. The molecule has 0 aromatic heterocycles. The van der Waals surface area contributed by atoms with Crippen LogP contribution in [0.3, 0.4) is 0 Å². The van der Waals surface area contributed by atoms with Crippen LogP contribution < -0.4 is 15.3 Å². The Morgan fingerprint density at radius 2 is 0.356 bits per heavy atom. The van der Waals surface area contributed by atoms with Crippen LogP contribution in [-0.2, 0) is 14.4 Å². The van der Waals surface area contributed by atoms with E-state index < -0.39 is 17.9 Å². The molecule has 0 rings (SSSR count). The van der Waals surface area contributed by atoms with Crippen LogP contribution in [0, 0.1) is 17.8 Å². The Labute approximate surface area is 489 Å². The van der Waals surface area contributed by atoms with Gasteiger partial charge in [-0.3, -0.25) is 0 Å². The van der Waals surface area contributed by atoms with E-state index in [0.717, 1.165) is 57.8 Å². The van der Waals surface area contributed by atoms with Crippen molar-refractivity contribution in [3.8, 4) is 0 Å². The number of hydrogen-bond acceptors (Lipinski definition) is 9. The molecule has 2 radical (unpaired) electrons. The van der Waals surface area contributed by atoms with Crippen molar-refractivity contribution in [1.29, 1.82) is 0 Å². The molecule has 0 aliphatic carbocycles. The molecule has 0 aliphatic heterocycles. The molecule has 0 aliphatic rings. The fraction of sp³-hybridized carbons (Fsp3) is 0.952. The van der Waals surface area contributed by atoms with Gasteiger partial charge in [0.25, 0.3) is 0 Å². The summed E-state index contributed by atoms with van der Waals surface area (Å²) in [6.45, 7) is 6.82. The zero-order valence-corrected chi connectivity index (χ0v) is 53.9. The number of unbranched alkanes of at least 4 members (excludes halogenated alkanes) is 45. The molecular formula is C63H123O6S3Sb. The number of aliphatic carboxylic acids is 3. The van der Waals surface area contributed by atoms with Crippen molar-refractivity contribution >= 4 is 80.2 Å². The molecule has 434 valence electrons. The molecular weight excluding hydrogens is 1070 g/mol. The van der Waals surface area contributed by atoms with Crippen LogP contribution in [0.4, 0.5) is 0 Å². The normalized spacial score (nSPS) is 12.2. The average molecular weight is 1190 g/mol. The number of hydrogen-bond donors (Lipinski definition) is 3. The smallest absolute Gasteiger partial charge is 0.550 e. The van der Waals surface area contributed by atoms with Crippen molar-refractivity contribution in [2.24, 2.45) is 17.8 Å².